The first kappa shape index (κ1) is 23.8. The van der Waals surface area contributed by atoms with Gasteiger partial charge in [-0.1, -0.05) is 42.5 Å². The van der Waals surface area contributed by atoms with E-state index in [2.05, 4.69) is 6.92 Å². The maximum atomic E-state index is 13.6. The van der Waals surface area contributed by atoms with Crippen LogP contribution in [0.5, 0.6) is 5.75 Å². The molecule has 2 aromatic rings. The number of hydrogen-bond acceptors (Lipinski definition) is 4. The molecule has 1 saturated carbocycles. The number of benzene rings is 2. The Balaban J connectivity index is 1.40. The minimum atomic E-state index is -3.38. The predicted molar refractivity (Wildman–Crippen MR) is 129 cm³/mol. The van der Waals surface area contributed by atoms with Crippen molar-refractivity contribution < 1.29 is 17.9 Å². The van der Waals surface area contributed by atoms with E-state index in [0.29, 0.717) is 38.4 Å². The first-order valence-corrected chi connectivity index (χ1v) is 13.4. The summed E-state index contributed by atoms with van der Waals surface area (Å²) in [7, 11) is -1.74. The molecular weight excluding hydrogens is 436 g/mol. The Labute approximate surface area is 197 Å². The van der Waals surface area contributed by atoms with E-state index in [1.165, 1.54) is 12.8 Å². The number of sulfonamides is 1. The van der Waals surface area contributed by atoms with Crippen molar-refractivity contribution in [2.45, 2.75) is 50.9 Å². The Kier molecular flexibility index (Phi) is 7.39. The zero-order chi connectivity index (χ0) is 23.4. The molecule has 33 heavy (non-hydrogen) atoms. The summed E-state index contributed by atoms with van der Waals surface area (Å²) < 4.78 is 32.6. The molecule has 178 valence electrons. The molecule has 1 amide bonds. The number of carbonyl (C=O) groups is 1. The highest BCUT2D eigenvalue weighted by molar-refractivity contribution is 7.88. The number of methoxy groups -OCH3 is 1. The van der Waals surface area contributed by atoms with E-state index in [-0.39, 0.29) is 23.6 Å². The van der Waals surface area contributed by atoms with Gasteiger partial charge < -0.3 is 9.64 Å². The van der Waals surface area contributed by atoms with Gasteiger partial charge in [-0.2, -0.15) is 0 Å². The Morgan fingerprint density at radius 3 is 2.21 bits per heavy atom. The Bertz CT molecular complexity index is 1030. The molecule has 2 aliphatic rings. The standard InChI is InChI=1S/C26H34N2O4S/c1-20(23-10-11-23)28(18-21-8-12-25(32-2)13-9-21)26(29)24-14-16-27(17-15-24)33(30,31)19-22-6-4-3-5-7-22/h3-9,12-13,20,23-24H,10-11,14-19H2,1-2H3. The van der Waals surface area contributed by atoms with Gasteiger partial charge in [-0.25, -0.2) is 12.7 Å². The van der Waals surface area contributed by atoms with Crippen LogP contribution < -0.4 is 4.74 Å². The van der Waals surface area contributed by atoms with Crippen LogP contribution in [0.25, 0.3) is 0 Å². The number of rotatable bonds is 9. The van der Waals surface area contributed by atoms with Crippen LogP contribution >= 0.6 is 0 Å². The molecule has 1 aliphatic heterocycles. The number of carbonyl (C=O) groups excluding carboxylic acids is 1. The number of piperidine rings is 1. The lowest BCUT2D eigenvalue weighted by Gasteiger charge is -2.36. The van der Waals surface area contributed by atoms with Gasteiger partial charge in [-0.3, -0.25) is 4.79 Å². The topological polar surface area (TPSA) is 66.9 Å². The maximum Gasteiger partial charge on any atom is 0.226 e. The van der Waals surface area contributed by atoms with Crippen molar-refractivity contribution in [3.05, 3.63) is 65.7 Å². The molecule has 1 heterocycles. The summed E-state index contributed by atoms with van der Waals surface area (Å²) in [5.41, 5.74) is 1.87. The molecule has 2 fully saturated rings. The average Bonchev–Trinajstić information content (AvgIpc) is 3.68. The van der Waals surface area contributed by atoms with Crippen LogP contribution in [0.2, 0.25) is 0 Å². The SMILES string of the molecule is COc1ccc(CN(C(=O)C2CCN(S(=O)(=O)Cc3ccccc3)CC2)C(C)C2CC2)cc1. The molecule has 1 saturated heterocycles. The third-order valence-corrected chi connectivity index (χ3v) is 8.83. The number of hydrogen-bond donors (Lipinski definition) is 0. The predicted octanol–water partition coefficient (Wildman–Crippen LogP) is 4.06. The van der Waals surface area contributed by atoms with Crippen LogP contribution in [0.4, 0.5) is 0 Å². The highest BCUT2D eigenvalue weighted by Gasteiger charge is 2.38. The second-order valence-electron chi connectivity index (χ2n) is 9.31. The maximum absolute atomic E-state index is 13.6. The summed E-state index contributed by atoms with van der Waals surface area (Å²) in [5.74, 6) is 1.40. The van der Waals surface area contributed by atoms with Gasteiger partial charge in [0.1, 0.15) is 5.75 Å². The highest BCUT2D eigenvalue weighted by atomic mass is 32.2. The summed E-state index contributed by atoms with van der Waals surface area (Å²) in [6.07, 6.45) is 3.49. The summed E-state index contributed by atoms with van der Waals surface area (Å²) >= 11 is 0. The van der Waals surface area contributed by atoms with Crippen molar-refractivity contribution in [3.63, 3.8) is 0 Å². The fraction of sp³-hybridized carbons (Fsp3) is 0.500. The lowest BCUT2D eigenvalue weighted by molar-refractivity contribution is -0.140. The number of ether oxygens (including phenoxy) is 1. The zero-order valence-electron chi connectivity index (χ0n) is 19.5. The van der Waals surface area contributed by atoms with Crippen LogP contribution in [-0.4, -0.2) is 49.8 Å². The summed E-state index contributed by atoms with van der Waals surface area (Å²) in [4.78, 5) is 15.6. The Hall–Kier alpha value is -2.38. The minimum absolute atomic E-state index is 0.00869. The Morgan fingerprint density at radius 2 is 1.64 bits per heavy atom. The normalized spacial score (nSPS) is 18.6. The van der Waals surface area contributed by atoms with E-state index < -0.39 is 10.0 Å². The highest BCUT2D eigenvalue weighted by Crippen LogP contribution is 2.37. The monoisotopic (exact) mass is 470 g/mol. The van der Waals surface area contributed by atoms with Crippen LogP contribution in [0.1, 0.15) is 43.7 Å². The quantitative estimate of drug-likeness (QED) is 0.554. The first-order valence-electron chi connectivity index (χ1n) is 11.8. The van der Waals surface area contributed by atoms with E-state index in [9.17, 15) is 13.2 Å². The molecule has 1 unspecified atom stereocenters. The van der Waals surface area contributed by atoms with Crippen LogP contribution in [-0.2, 0) is 27.1 Å². The van der Waals surface area contributed by atoms with Gasteiger partial charge in [-0.05, 0) is 61.8 Å². The van der Waals surface area contributed by atoms with Crippen molar-refractivity contribution in [1.82, 2.24) is 9.21 Å². The van der Waals surface area contributed by atoms with Gasteiger partial charge in [-0.15, -0.1) is 0 Å². The van der Waals surface area contributed by atoms with Gasteiger partial charge in [0.2, 0.25) is 15.9 Å². The second-order valence-corrected chi connectivity index (χ2v) is 11.3. The van der Waals surface area contributed by atoms with E-state index in [1.54, 1.807) is 11.4 Å². The largest absolute Gasteiger partial charge is 0.497 e. The van der Waals surface area contributed by atoms with E-state index in [1.807, 2.05) is 59.5 Å². The van der Waals surface area contributed by atoms with Gasteiger partial charge in [0.25, 0.3) is 0 Å². The molecule has 1 aliphatic carbocycles. The lowest BCUT2D eigenvalue weighted by Crippen LogP contribution is -2.47. The van der Waals surface area contributed by atoms with E-state index >= 15 is 0 Å². The first-order chi connectivity index (χ1) is 15.9. The third kappa shape index (κ3) is 5.95. The minimum Gasteiger partial charge on any atom is -0.497 e. The summed E-state index contributed by atoms with van der Waals surface area (Å²) in [6.45, 7) is 3.53. The molecule has 2 aromatic carbocycles. The van der Waals surface area contributed by atoms with Crippen molar-refractivity contribution in [1.29, 1.82) is 0 Å². The molecule has 0 aromatic heterocycles. The molecule has 0 bridgehead atoms. The van der Waals surface area contributed by atoms with E-state index in [0.717, 1.165) is 16.9 Å². The van der Waals surface area contributed by atoms with Crippen LogP contribution in [0.3, 0.4) is 0 Å². The third-order valence-electron chi connectivity index (χ3n) is 6.98. The van der Waals surface area contributed by atoms with Gasteiger partial charge in [0, 0.05) is 31.6 Å². The fourth-order valence-corrected chi connectivity index (χ4v) is 6.24. The second kappa shape index (κ2) is 10.3. The summed E-state index contributed by atoms with van der Waals surface area (Å²) in [6, 6.07) is 17.3. The van der Waals surface area contributed by atoms with E-state index in [4.69, 9.17) is 4.74 Å². The van der Waals surface area contributed by atoms with Crippen molar-refractivity contribution in [2.24, 2.45) is 11.8 Å². The molecular formula is C26H34N2O4S. The molecule has 0 spiro atoms. The van der Waals surface area contributed by atoms with Crippen molar-refractivity contribution in [3.8, 4) is 5.75 Å². The number of nitrogens with zero attached hydrogens (tertiary/aromatic N) is 2. The summed E-state index contributed by atoms with van der Waals surface area (Å²) in [5, 5.41) is 0. The molecule has 4 rings (SSSR count). The molecule has 1 atom stereocenters. The lowest BCUT2D eigenvalue weighted by atomic mass is 9.95. The van der Waals surface area contributed by atoms with Gasteiger partial charge >= 0.3 is 0 Å². The van der Waals surface area contributed by atoms with Crippen LogP contribution in [0, 0.1) is 11.8 Å². The zero-order valence-corrected chi connectivity index (χ0v) is 20.3. The smallest absolute Gasteiger partial charge is 0.226 e. The van der Waals surface area contributed by atoms with Crippen LogP contribution in [0.15, 0.2) is 54.6 Å². The fourth-order valence-electron chi connectivity index (χ4n) is 4.67. The molecule has 6 nitrogen and oxygen atoms in total. The van der Waals surface area contributed by atoms with Crippen molar-refractivity contribution >= 4 is 15.9 Å². The van der Waals surface area contributed by atoms with Crippen molar-refractivity contribution in [2.75, 3.05) is 20.2 Å². The number of amides is 1. The van der Waals surface area contributed by atoms with Gasteiger partial charge in [0.15, 0.2) is 0 Å². The molecule has 0 N–H and O–H groups in total. The molecule has 0 radical (unpaired) electrons. The Morgan fingerprint density at radius 1 is 1.00 bits per heavy atom. The molecule has 7 heteroatoms. The average molecular weight is 471 g/mol. The van der Waals surface area contributed by atoms with Gasteiger partial charge in [0.05, 0.1) is 12.9 Å².